The molecule has 27 heavy (non-hydrogen) atoms. The van der Waals surface area contributed by atoms with Crippen molar-refractivity contribution in [1.82, 2.24) is 30.0 Å². The number of rotatable bonds is 6. The Morgan fingerprint density at radius 2 is 2.19 bits per heavy atom. The highest BCUT2D eigenvalue weighted by Crippen LogP contribution is 2.25. The largest absolute Gasteiger partial charge is 0.368 e. The molecule has 1 atom stereocenters. The van der Waals surface area contributed by atoms with Gasteiger partial charge in [-0.1, -0.05) is 13.8 Å². The lowest BCUT2D eigenvalue weighted by Gasteiger charge is -2.23. The molecule has 0 radical (unpaired) electrons. The average Bonchev–Trinajstić information content (AvgIpc) is 3.14. The highest BCUT2D eigenvalue weighted by Gasteiger charge is 2.15. The van der Waals surface area contributed by atoms with E-state index in [9.17, 15) is 0 Å². The molecule has 4 rings (SSSR count). The van der Waals surface area contributed by atoms with Crippen LogP contribution in [0.5, 0.6) is 0 Å². The monoisotopic (exact) mass is 365 g/mol. The van der Waals surface area contributed by atoms with Gasteiger partial charge in [0.15, 0.2) is 5.82 Å². The summed E-state index contributed by atoms with van der Waals surface area (Å²) >= 11 is 0. The zero-order valence-electron chi connectivity index (χ0n) is 16.0. The Kier molecular flexibility index (Phi) is 5.29. The first-order valence-corrected chi connectivity index (χ1v) is 9.78. The van der Waals surface area contributed by atoms with Crippen molar-refractivity contribution < 1.29 is 0 Å². The second kappa shape index (κ2) is 8.00. The highest BCUT2D eigenvalue weighted by atomic mass is 15.3. The van der Waals surface area contributed by atoms with Crippen LogP contribution in [0.25, 0.3) is 22.3 Å². The van der Waals surface area contributed by atoms with Crippen LogP contribution in [0.4, 0.5) is 5.82 Å². The van der Waals surface area contributed by atoms with Gasteiger partial charge >= 0.3 is 0 Å². The van der Waals surface area contributed by atoms with Crippen molar-refractivity contribution >= 4 is 16.9 Å². The summed E-state index contributed by atoms with van der Waals surface area (Å²) < 4.78 is 1.98. The van der Waals surface area contributed by atoms with Crippen molar-refractivity contribution in [2.75, 3.05) is 25.0 Å². The van der Waals surface area contributed by atoms with Crippen LogP contribution in [0.15, 0.2) is 30.9 Å². The van der Waals surface area contributed by atoms with Gasteiger partial charge in [-0.2, -0.15) is 5.10 Å². The third kappa shape index (κ3) is 4.24. The number of nitrogens with zero attached hydrogens (tertiary/aromatic N) is 5. The molecule has 142 valence electrons. The molecule has 7 nitrogen and oxygen atoms in total. The van der Waals surface area contributed by atoms with Crippen molar-refractivity contribution in [2.45, 2.75) is 33.2 Å². The van der Waals surface area contributed by atoms with Crippen LogP contribution in [0.3, 0.4) is 0 Å². The summed E-state index contributed by atoms with van der Waals surface area (Å²) in [6, 6.07) is 1.99. The number of aromatic nitrogens is 5. The van der Waals surface area contributed by atoms with Gasteiger partial charge in [0, 0.05) is 37.2 Å². The molecular weight excluding hydrogens is 338 g/mol. The number of hydrogen-bond donors (Lipinski definition) is 2. The molecule has 0 aromatic carbocycles. The molecule has 3 aromatic rings. The maximum Gasteiger partial charge on any atom is 0.154 e. The highest BCUT2D eigenvalue weighted by molar-refractivity contribution is 5.88. The fourth-order valence-electron chi connectivity index (χ4n) is 3.55. The molecule has 3 aromatic heterocycles. The number of piperidine rings is 1. The smallest absolute Gasteiger partial charge is 0.154 e. The first-order chi connectivity index (χ1) is 13.2. The summed E-state index contributed by atoms with van der Waals surface area (Å²) in [6.07, 6.45) is 9.85. The van der Waals surface area contributed by atoms with Crippen LogP contribution in [0, 0.1) is 11.8 Å². The molecule has 0 spiro atoms. The summed E-state index contributed by atoms with van der Waals surface area (Å²) in [5, 5.41) is 11.5. The fourth-order valence-corrected chi connectivity index (χ4v) is 3.55. The molecule has 0 bridgehead atoms. The fraction of sp³-hybridized carbons (Fsp3) is 0.500. The van der Waals surface area contributed by atoms with Crippen LogP contribution in [-0.4, -0.2) is 44.4 Å². The molecule has 0 amide bonds. The van der Waals surface area contributed by atoms with Gasteiger partial charge < -0.3 is 10.6 Å². The molecule has 1 aliphatic rings. The zero-order valence-corrected chi connectivity index (χ0v) is 16.0. The third-order valence-electron chi connectivity index (χ3n) is 4.89. The summed E-state index contributed by atoms with van der Waals surface area (Å²) in [5.74, 6) is 1.97. The SMILES string of the molecule is CC(C)Cn1cc(-c2cc3nccnc3c(NCC3CCCNC3)n2)cn1. The van der Waals surface area contributed by atoms with Crippen molar-refractivity contribution in [3.63, 3.8) is 0 Å². The van der Waals surface area contributed by atoms with E-state index < -0.39 is 0 Å². The second-order valence-electron chi connectivity index (χ2n) is 7.72. The Labute approximate surface area is 159 Å². The maximum atomic E-state index is 4.86. The zero-order chi connectivity index (χ0) is 18.6. The van der Waals surface area contributed by atoms with Crippen LogP contribution < -0.4 is 10.6 Å². The van der Waals surface area contributed by atoms with Crippen LogP contribution in [0.2, 0.25) is 0 Å². The summed E-state index contributed by atoms with van der Waals surface area (Å²) in [7, 11) is 0. The van der Waals surface area contributed by atoms with Crippen LogP contribution in [-0.2, 0) is 6.54 Å². The van der Waals surface area contributed by atoms with Crippen molar-refractivity contribution in [3.8, 4) is 11.3 Å². The third-order valence-corrected chi connectivity index (χ3v) is 4.89. The Bertz CT molecular complexity index is 896. The predicted molar refractivity (Wildman–Crippen MR) is 107 cm³/mol. The second-order valence-corrected chi connectivity index (χ2v) is 7.72. The van der Waals surface area contributed by atoms with Crippen molar-refractivity contribution in [1.29, 1.82) is 0 Å². The molecule has 7 heteroatoms. The topological polar surface area (TPSA) is 80.5 Å². The first-order valence-electron chi connectivity index (χ1n) is 9.78. The molecule has 1 saturated heterocycles. The molecule has 4 heterocycles. The van der Waals surface area contributed by atoms with E-state index >= 15 is 0 Å². The molecule has 1 fully saturated rings. The minimum atomic E-state index is 0.550. The van der Waals surface area contributed by atoms with Gasteiger partial charge in [0.25, 0.3) is 0 Å². The van der Waals surface area contributed by atoms with E-state index in [0.29, 0.717) is 11.8 Å². The van der Waals surface area contributed by atoms with E-state index in [1.165, 1.54) is 12.8 Å². The Hall–Kier alpha value is -2.54. The van der Waals surface area contributed by atoms with Gasteiger partial charge in [-0.25, -0.2) is 9.97 Å². The van der Waals surface area contributed by atoms with Crippen molar-refractivity contribution in [3.05, 3.63) is 30.9 Å². The number of anilines is 1. The molecule has 0 aliphatic carbocycles. The maximum absolute atomic E-state index is 4.86. The molecule has 0 saturated carbocycles. The summed E-state index contributed by atoms with van der Waals surface area (Å²) in [4.78, 5) is 13.9. The lowest BCUT2D eigenvalue weighted by molar-refractivity contribution is 0.392. The van der Waals surface area contributed by atoms with Gasteiger partial charge in [-0.15, -0.1) is 0 Å². The molecule has 2 N–H and O–H groups in total. The Balaban J connectivity index is 1.62. The summed E-state index contributed by atoms with van der Waals surface area (Å²) in [5.41, 5.74) is 3.55. The molecule has 1 unspecified atom stereocenters. The van der Waals surface area contributed by atoms with Gasteiger partial charge in [0.1, 0.15) is 5.52 Å². The van der Waals surface area contributed by atoms with E-state index in [1.54, 1.807) is 12.4 Å². The van der Waals surface area contributed by atoms with Crippen LogP contribution >= 0.6 is 0 Å². The number of fused-ring (bicyclic) bond motifs is 1. The van der Waals surface area contributed by atoms with Gasteiger partial charge in [0.05, 0.1) is 17.4 Å². The van der Waals surface area contributed by atoms with Crippen LogP contribution in [0.1, 0.15) is 26.7 Å². The number of pyridine rings is 1. The number of nitrogens with one attached hydrogen (secondary N) is 2. The first kappa shape index (κ1) is 17.9. The normalized spacial score (nSPS) is 17.5. The predicted octanol–water partition coefficient (Wildman–Crippen LogP) is 2.96. The van der Waals surface area contributed by atoms with E-state index in [0.717, 1.165) is 54.3 Å². The minimum absolute atomic E-state index is 0.550. The van der Waals surface area contributed by atoms with E-state index in [4.69, 9.17) is 4.98 Å². The minimum Gasteiger partial charge on any atom is -0.368 e. The lowest BCUT2D eigenvalue weighted by atomic mass is 10.00. The van der Waals surface area contributed by atoms with E-state index in [2.05, 4.69) is 45.7 Å². The molecule has 1 aliphatic heterocycles. The van der Waals surface area contributed by atoms with Gasteiger partial charge in [-0.05, 0) is 43.8 Å². The average molecular weight is 365 g/mol. The lowest BCUT2D eigenvalue weighted by Crippen LogP contribution is -2.33. The summed E-state index contributed by atoms with van der Waals surface area (Å²) in [6.45, 7) is 8.34. The number of hydrogen-bond acceptors (Lipinski definition) is 6. The van der Waals surface area contributed by atoms with E-state index in [-0.39, 0.29) is 0 Å². The van der Waals surface area contributed by atoms with Crippen molar-refractivity contribution in [2.24, 2.45) is 11.8 Å². The Morgan fingerprint density at radius 3 is 3.00 bits per heavy atom. The van der Waals surface area contributed by atoms with Gasteiger partial charge in [0.2, 0.25) is 0 Å². The Morgan fingerprint density at radius 1 is 1.30 bits per heavy atom. The molecular formula is C20H27N7. The van der Waals surface area contributed by atoms with Gasteiger partial charge in [-0.3, -0.25) is 9.67 Å². The quantitative estimate of drug-likeness (QED) is 0.699. The van der Waals surface area contributed by atoms with E-state index in [1.807, 2.05) is 16.9 Å². The standard InChI is InChI=1S/C20H27N7/c1-14(2)12-27-13-16(11-25-27)17-8-18-19(23-7-6-22-18)20(26-17)24-10-15-4-3-5-21-9-15/h6-8,11,13-15,21H,3-5,9-10,12H2,1-2H3,(H,24,26).